The maximum absolute atomic E-state index is 12.4. The number of rotatable bonds is 7. The average Bonchev–Trinajstić information content (AvgIpc) is 2.75. The largest absolute Gasteiger partial charge is 0.495 e. The van der Waals surface area contributed by atoms with Crippen molar-refractivity contribution in [3.05, 3.63) is 95.9 Å². The fourth-order valence-corrected chi connectivity index (χ4v) is 3.17. The first-order valence-electron chi connectivity index (χ1n) is 8.89. The summed E-state index contributed by atoms with van der Waals surface area (Å²) < 4.78 is 5.23. The Labute approximate surface area is 173 Å². The summed E-state index contributed by atoms with van der Waals surface area (Å²) in [5.41, 5.74) is 1.68. The van der Waals surface area contributed by atoms with E-state index in [0.717, 1.165) is 4.90 Å². The van der Waals surface area contributed by atoms with Crippen LogP contribution in [0.3, 0.4) is 0 Å². The Morgan fingerprint density at radius 1 is 0.862 bits per heavy atom. The zero-order valence-corrected chi connectivity index (χ0v) is 16.6. The van der Waals surface area contributed by atoms with E-state index in [1.165, 1.54) is 17.8 Å². The van der Waals surface area contributed by atoms with E-state index in [4.69, 9.17) is 4.74 Å². The van der Waals surface area contributed by atoms with Gasteiger partial charge < -0.3 is 15.4 Å². The number of methoxy groups -OCH3 is 1. The molecule has 0 bridgehead atoms. The molecule has 0 spiro atoms. The van der Waals surface area contributed by atoms with Crippen LogP contribution in [0.25, 0.3) is 0 Å². The second-order valence-corrected chi connectivity index (χ2v) is 6.93. The number of hydrogen-bond donors (Lipinski definition) is 2. The van der Waals surface area contributed by atoms with E-state index in [2.05, 4.69) is 10.6 Å². The van der Waals surface area contributed by atoms with Crippen LogP contribution in [0.2, 0.25) is 0 Å². The van der Waals surface area contributed by atoms with Gasteiger partial charge in [0.05, 0.1) is 12.8 Å². The standard InChI is InChI=1S/C23H20N2O3S/c1-28-21-10-6-5-9-20(21)25-23(27)17-11-13-18(14-12-17)24-22(26)15-16-29-19-7-3-2-4-8-19/h2-16H,1H3,(H,24,26)(H,25,27)/b16-15+. The lowest BCUT2D eigenvalue weighted by Gasteiger charge is -2.10. The minimum Gasteiger partial charge on any atom is -0.495 e. The minimum absolute atomic E-state index is 0.236. The van der Waals surface area contributed by atoms with Gasteiger partial charge in [0.15, 0.2) is 0 Å². The quantitative estimate of drug-likeness (QED) is 0.420. The van der Waals surface area contributed by atoms with Gasteiger partial charge >= 0.3 is 0 Å². The molecule has 0 saturated heterocycles. The van der Waals surface area contributed by atoms with Gasteiger partial charge in [-0.1, -0.05) is 42.1 Å². The normalized spacial score (nSPS) is 10.5. The summed E-state index contributed by atoms with van der Waals surface area (Å²) in [6, 6.07) is 23.7. The molecule has 5 nitrogen and oxygen atoms in total. The van der Waals surface area contributed by atoms with E-state index >= 15 is 0 Å². The molecule has 2 amide bonds. The van der Waals surface area contributed by atoms with Gasteiger partial charge in [0, 0.05) is 22.2 Å². The number of para-hydroxylation sites is 2. The lowest BCUT2D eigenvalue weighted by molar-refractivity contribution is -0.111. The van der Waals surface area contributed by atoms with Crippen molar-refractivity contribution in [2.75, 3.05) is 17.7 Å². The smallest absolute Gasteiger partial charge is 0.255 e. The van der Waals surface area contributed by atoms with Crippen molar-refractivity contribution in [3.8, 4) is 5.75 Å². The Morgan fingerprint density at radius 2 is 1.55 bits per heavy atom. The second-order valence-electron chi connectivity index (χ2n) is 5.95. The molecule has 0 fully saturated rings. The van der Waals surface area contributed by atoms with Crippen LogP contribution in [0.4, 0.5) is 11.4 Å². The predicted octanol–water partition coefficient (Wildman–Crippen LogP) is 5.19. The molecule has 0 aliphatic carbocycles. The number of hydrogen-bond acceptors (Lipinski definition) is 4. The lowest BCUT2D eigenvalue weighted by atomic mass is 10.2. The Bertz CT molecular complexity index is 1000. The van der Waals surface area contributed by atoms with Gasteiger partial charge in [-0.3, -0.25) is 9.59 Å². The summed E-state index contributed by atoms with van der Waals surface area (Å²) in [4.78, 5) is 25.5. The Morgan fingerprint density at radius 3 is 2.28 bits per heavy atom. The van der Waals surface area contributed by atoms with Crippen molar-refractivity contribution in [2.45, 2.75) is 4.90 Å². The molecule has 0 aliphatic rings. The van der Waals surface area contributed by atoms with Crippen LogP contribution in [0.1, 0.15) is 10.4 Å². The number of carbonyl (C=O) groups is 2. The number of anilines is 2. The number of ether oxygens (including phenoxy) is 1. The summed E-state index contributed by atoms with van der Waals surface area (Å²) >= 11 is 1.46. The molecule has 0 heterocycles. The number of benzene rings is 3. The Balaban J connectivity index is 1.55. The molecular weight excluding hydrogens is 384 g/mol. The van der Waals surface area contributed by atoms with Gasteiger partial charge in [0.1, 0.15) is 5.75 Å². The van der Waals surface area contributed by atoms with Crippen molar-refractivity contribution in [3.63, 3.8) is 0 Å². The molecule has 0 radical (unpaired) electrons. The molecule has 2 N–H and O–H groups in total. The maximum Gasteiger partial charge on any atom is 0.255 e. The van der Waals surface area contributed by atoms with E-state index < -0.39 is 0 Å². The molecule has 3 rings (SSSR count). The van der Waals surface area contributed by atoms with Gasteiger partial charge in [0.2, 0.25) is 5.91 Å². The van der Waals surface area contributed by atoms with Crippen molar-refractivity contribution >= 4 is 35.0 Å². The monoisotopic (exact) mass is 404 g/mol. The molecule has 0 saturated carbocycles. The van der Waals surface area contributed by atoms with Gasteiger partial charge in [-0.2, -0.15) is 0 Å². The highest BCUT2D eigenvalue weighted by Gasteiger charge is 2.09. The van der Waals surface area contributed by atoms with Gasteiger partial charge in [-0.05, 0) is 53.9 Å². The third kappa shape index (κ3) is 5.99. The average molecular weight is 404 g/mol. The highest BCUT2D eigenvalue weighted by molar-refractivity contribution is 8.02. The minimum atomic E-state index is -0.258. The molecule has 0 aromatic heterocycles. The van der Waals surface area contributed by atoms with Gasteiger partial charge in [-0.25, -0.2) is 0 Å². The molecular formula is C23H20N2O3S. The zero-order chi connectivity index (χ0) is 20.5. The van der Waals surface area contributed by atoms with Crippen molar-refractivity contribution < 1.29 is 14.3 Å². The highest BCUT2D eigenvalue weighted by Crippen LogP contribution is 2.24. The van der Waals surface area contributed by atoms with E-state index in [0.29, 0.717) is 22.7 Å². The van der Waals surface area contributed by atoms with Crippen molar-refractivity contribution in [1.29, 1.82) is 0 Å². The molecule has 3 aromatic carbocycles. The Hall–Kier alpha value is -3.51. The first-order chi connectivity index (χ1) is 14.2. The van der Waals surface area contributed by atoms with Crippen LogP contribution in [0.15, 0.2) is 95.2 Å². The van der Waals surface area contributed by atoms with Crippen LogP contribution in [0.5, 0.6) is 5.75 Å². The second kappa shape index (κ2) is 10.1. The van der Waals surface area contributed by atoms with Crippen molar-refractivity contribution in [1.82, 2.24) is 0 Å². The summed E-state index contributed by atoms with van der Waals surface area (Å²) in [6.45, 7) is 0. The molecule has 6 heteroatoms. The first kappa shape index (κ1) is 20.2. The number of thioether (sulfide) groups is 1. The van der Waals surface area contributed by atoms with Gasteiger partial charge in [-0.15, -0.1) is 0 Å². The summed E-state index contributed by atoms with van der Waals surface area (Å²) in [6.07, 6.45) is 1.47. The van der Waals surface area contributed by atoms with Gasteiger partial charge in [0.25, 0.3) is 5.91 Å². The van der Waals surface area contributed by atoms with E-state index in [9.17, 15) is 9.59 Å². The molecule has 3 aromatic rings. The number of amides is 2. The predicted molar refractivity (Wildman–Crippen MR) is 117 cm³/mol. The zero-order valence-electron chi connectivity index (χ0n) is 15.8. The third-order valence-corrected chi connectivity index (χ3v) is 4.75. The lowest BCUT2D eigenvalue weighted by Crippen LogP contribution is -2.13. The fraction of sp³-hybridized carbons (Fsp3) is 0.0435. The van der Waals surface area contributed by atoms with Crippen LogP contribution < -0.4 is 15.4 Å². The summed E-state index contributed by atoms with van der Waals surface area (Å²) in [5, 5.41) is 7.32. The number of carbonyl (C=O) groups excluding carboxylic acids is 2. The van der Waals surface area contributed by atoms with E-state index in [1.807, 2.05) is 42.5 Å². The molecule has 0 atom stereocenters. The Kier molecular flexibility index (Phi) is 7.08. The molecule has 146 valence electrons. The van der Waals surface area contributed by atoms with Crippen LogP contribution in [-0.4, -0.2) is 18.9 Å². The molecule has 0 unspecified atom stereocenters. The SMILES string of the molecule is COc1ccccc1NC(=O)c1ccc(NC(=O)/C=C/Sc2ccccc2)cc1. The van der Waals surface area contributed by atoms with Crippen LogP contribution in [0, 0.1) is 0 Å². The van der Waals surface area contributed by atoms with E-state index in [-0.39, 0.29) is 11.8 Å². The van der Waals surface area contributed by atoms with E-state index in [1.54, 1.807) is 48.9 Å². The maximum atomic E-state index is 12.4. The fourth-order valence-electron chi connectivity index (χ4n) is 2.50. The summed E-state index contributed by atoms with van der Waals surface area (Å²) in [5.74, 6) is 0.0936. The summed E-state index contributed by atoms with van der Waals surface area (Å²) in [7, 11) is 1.55. The van der Waals surface area contributed by atoms with Crippen LogP contribution >= 0.6 is 11.8 Å². The first-order valence-corrected chi connectivity index (χ1v) is 9.77. The topological polar surface area (TPSA) is 67.4 Å². The third-order valence-electron chi connectivity index (χ3n) is 3.94. The molecule has 29 heavy (non-hydrogen) atoms. The number of nitrogens with one attached hydrogen (secondary N) is 2. The van der Waals surface area contributed by atoms with Crippen LogP contribution in [-0.2, 0) is 4.79 Å². The van der Waals surface area contributed by atoms with Crippen molar-refractivity contribution in [2.24, 2.45) is 0 Å². The molecule has 0 aliphatic heterocycles. The highest BCUT2D eigenvalue weighted by atomic mass is 32.2.